The van der Waals surface area contributed by atoms with Crippen molar-refractivity contribution in [3.63, 3.8) is 0 Å². The van der Waals surface area contributed by atoms with E-state index in [4.69, 9.17) is 9.47 Å². The summed E-state index contributed by atoms with van der Waals surface area (Å²) in [5.41, 5.74) is 1.43. The Morgan fingerprint density at radius 2 is 2.04 bits per heavy atom. The smallest absolute Gasteiger partial charge is 0.258 e. The van der Waals surface area contributed by atoms with Gasteiger partial charge in [0.2, 0.25) is 0 Å². The molecule has 3 rings (SSSR count). The quantitative estimate of drug-likeness (QED) is 0.809. The molecular formula is C19H19NO3. The topological polar surface area (TPSA) is 38.8 Å². The van der Waals surface area contributed by atoms with Crippen LogP contribution in [0.3, 0.4) is 0 Å². The maximum absolute atomic E-state index is 12.8. The van der Waals surface area contributed by atoms with E-state index in [0.29, 0.717) is 18.7 Å². The van der Waals surface area contributed by atoms with E-state index in [0.717, 1.165) is 17.2 Å². The average Bonchev–Trinajstić information content (AvgIpc) is 2.59. The molecule has 1 heterocycles. The molecule has 2 aromatic carbocycles. The lowest BCUT2D eigenvalue weighted by atomic mass is 10.1. The lowest BCUT2D eigenvalue weighted by Gasteiger charge is -2.33. The highest BCUT2D eigenvalue weighted by atomic mass is 16.5. The van der Waals surface area contributed by atoms with Crippen molar-refractivity contribution in [1.29, 1.82) is 0 Å². The minimum Gasteiger partial charge on any atom is -0.490 e. The number of para-hydroxylation sites is 2. The number of carbonyl (C=O) groups excluding carboxylic acids is 1. The molecule has 0 unspecified atom stereocenters. The normalized spacial score (nSPS) is 16.2. The molecule has 2 aromatic rings. The van der Waals surface area contributed by atoms with Crippen LogP contribution >= 0.6 is 0 Å². The SMILES string of the molecule is C=CCOc1ccc(C(=O)N2C[C@H](C)Oc3ccccc32)cc1. The molecule has 1 amide bonds. The summed E-state index contributed by atoms with van der Waals surface area (Å²) >= 11 is 0. The second kappa shape index (κ2) is 6.57. The summed E-state index contributed by atoms with van der Waals surface area (Å²) in [6, 6.07) is 14.8. The summed E-state index contributed by atoms with van der Waals surface area (Å²) in [5, 5.41) is 0. The van der Waals surface area contributed by atoms with Gasteiger partial charge in [0.25, 0.3) is 5.91 Å². The van der Waals surface area contributed by atoms with Crippen LogP contribution in [-0.4, -0.2) is 25.2 Å². The van der Waals surface area contributed by atoms with Crippen LogP contribution in [0.2, 0.25) is 0 Å². The number of anilines is 1. The summed E-state index contributed by atoms with van der Waals surface area (Å²) < 4.78 is 11.2. The van der Waals surface area contributed by atoms with Crippen molar-refractivity contribution in [1.82, 2.24) is 0 Å². The number of carbonyl (C=O) groups is 1. The molecular weight excluding hydrogens is 290 g/mol. The first-order valence-corrected chi connectivity index (χ1v) is 7.60. The summed E-state index contributed by atoms with van der Waals surface area (Å²) in [4.78, 5) is 14.6. The van der Waals surface area contributed by atoms with E-state index in [9.17, 15) is 4.79 Å². The molecule has 0 spiro atoms. The molecule has 23 heavy (non-hydrogen) atoms. The molecule has 0 radical (unpaired) electrons. The Morgan fingerprint density at radius 3 is 2.78 bits per heavy atom. The molecule has 4 heteroatoms. The number of ether oxygens (including phenoxy) is 2. The summed E-state index contributed by atoms with van der Waals surface area (Å²) in [6.45, 7) is 6.55. The predicted octanol–water partition coefficient (Wildman–Crippen LogP) is 3.68. The third-order valence-electron chi connectivity index (χ3n) is 3.64. The van der Waals surface area contributed by atoms with Crippen LogP contribution in [0.4, 0.5) is 5.69 Å². The third kappa shape index (κ3) is 3.21. The van der Waals surface area contributed by atoms with Crippen LogP contribution < -0.4 is 14.4 Å². The molecule has 0 aliphatic carbocycles. The first-order chi connectivity index (χ1) is 11.2. The van der Waals surface area contributed by atoms with Gasteiger partial charge in [-0.25, -0.2) is 0 Å². The Morgan fingerprint density at radius 1 is 1.30 bits per heavy atom. The van der Waals surface area contributed by atoms with Gasteiger partial charge in [-0.05, 0) is 43.3 Å². The molecule has 0 fully saturated rings. The van der Waals surface area contributed by atoms with Crippen LogP contribution in [0.5, 0.6) is 11.5 Å². The number of fused-ring (bicyclic) bond motifs is 1. The van der Waals surface area contributed by atoms with Gasteiger partial charge in [0.15, 0.2) is 0 Å². The van der Waals surface area contributed by atoms with Crippen molar-refractivity contribution in [2.45, 2.75) is 13.0 Å². The standard InChI is InChI=1S/C19H19NO3/c1-3-12-22-16-10-8-15(9-11-16)19(21)20-13-14(2)23-18-7-5-4-6-17(18)20/h3-11,14H,1,12-13H2,2H3/t14-/m0/s1. The minimum atomic E-state index is -0.0390. The molecule has 4 nitrogen and oxygen atoms in total. The van der Waals surface area contributed by atoms with Crippen molar-refractivity contribution < 1.29 is 14.3 Å². The van der Waals surface area contributed by atoms with Gasteiger partial charge >= 0.3 is 0 Å². The van der Waals surface area contributed by atoms with Gasteiger partial charge in [-0.2, -0.15) is 0 Å². The summed E-state index contributed by atoms with van der Waals surface area (Å²) in [7, 11) is 0. The van der Waals surface area contributed by atoms with E-state index >= 15 is 0 Å². The largest absolute Gasteiger partial charge is 0.490 e. The number of hydrogen-bond donors (Lipinski definition) is 0. The monoisotopic (exact) mass is 309 g/mol. The second-order valence-corrected chi connectivity index (χ2v) is 5.44. The fraction of sp³-hybridized carbons (Fsp3) is 0.211. The molecule has 0 bridgehead atoms. The highest BCUT2D eigenvalue weighted by Crippen LogP contribution is 2.34. The van der Waals surface area contributed by atoms with Gasteiger partial charge in [-0.3, -0.25) is 4.79 Å². The van der Waals surface area contributed by atoms with Crippen LogP contribution in [0.25, 0.3) is 0 Å². The van der Waals surface area contributed by atoms with Gasteiger partial charge in [-0.1, -0.05) is 24.8 Å². The number of amides is 1. The molecule has 1 aliphatic heterocycles. The van der Waals surface area contributed by atoms with Gasteiger partial charge in [0.1, 0.15) is 24.2 Å². The minimum absolute atomic E-state index is 0.0379. The van der Waals surface area contributed by atoms with E-state index in [-0.39, 0.29) is 12.0 Å². The van der Waals surface area contributed by atoms with Crippen molar-refractivity contribution in [3.05, 3.63) is 66.7 Å². The highest BCUT2D eigenvalue weighted by Gasteiger charge is 2.27. The van der Waals surface area contributed by atoms with Crippen molar-refractivity contribution in [3.8, 4) is 11.5 Å². The molecule has 0 saturated carbocycles. The van der Waals surface area contributed by atoms with Crippen LogP contribution in [-0.2, 0) is 0 Å². The van der Waals surface area contributed by atoms with Gasteiger partial charge < -0.3 is 14.4 Å². The zero-order chi connectivity index (χ0) is 16.2. The maximum atomic E-state index is 12.8. The number of rotatable bonds is 4. The third-order valence-corrected chi connectivity index (χ3v) is 3.64. The summed E-state index contributed by atoms with van der Waals surface area (Å²) in [6.07, 6.45) is 1.65. The van der Waals surface area contributed by atoms with Crippen molar-refractivity contribution >= 4 is 11.6 Å². The van der Waals surface area contributed by atoms with E-state index < -0.39 is 0 Å². The molecule has 0 N–H and O–H groups in total. The number of benzene rings is 2. The van der Waals surface area contributed by atoms with Gasteiger partial charge in [0.05, 0.1) is 12.2 Å². The Labute approximate surface area is 135 Å². The van der Waals surface area contributed by atoms with Crippen LogP contribution in [0.1, 0.15) is 17.3 Å². The Bertz CT molecular complexity index is 709. The maximum Gasteiger partial charge on any atom is 0.258 e. The summed E-state index contributed by atoms with van der Waals surface area (Å²) in [5.74, 6) is 1.42. The lowest BCUT2D eigenvalue weighted by molar-refractivity contribution is 0.0961. The number of hydrogen-bond acceptors (Lipinski definition) is 3. The van der Waals surface area contributed by atoms with Crippen molar-refractivity contribution in [2.75, 3.05) is 18.1 Å². The molecule has 0 saturated heterocycles. The van der Waals surface area contributed by atoms with Crippen LogP contribution in [0, 0.1) is 0 Å². The molecule has 1 aliphatic rings. The van der Waals surface area contributed by atoms with Crippen molar-refractivity contribution in [2.24, 2.45) is 0 Å². The molecule has 1 atom stereocenters. The Kier molecular flexibility index (Phi) is 4.33. The molecule has 118 valence electrons. The predicted molar refractivity (Wildman–Crippen MR) is 90.3 cm³/mol. The Hall–Kier alpha value is -2.75. The lowest BCUT2D eigenvalue weighted by Crippen LogP contribution is -2.42. The first kappa shape index (κ1) is 15.2. The zero-order valence-corrected chi connectivity index (χ0v) is 13.1. The number of nitrogens with zero attached hydrogens (tertiary/aromatic N) is 1. The van der Waals surface area contributed by atoms with E-state index in [2.05, 4.69) is 6.58 Å². The van der Waals surface area contributed by atoms with Gasteiger partial charge in [-0.15, -0.1) is 0 Å². The second-order valence-electron chi connectivity index (χ2n) is 5.44. The van der Waals surface area contributed by atoms with E-state index in [1.165, 1.54) is 0 Å². The highest BCUT2D eigenvalue weighted by molar-refractivity contribution is 6.07. The molecule has 0 aromatic heterocycles. The first-order valence-electron chi connectivity index (χ1n) is 7.60. The van der Waals surface area contributed by atoms with E-state index in [1.54, 1.807) is 35.2 Å². The average molecular weight is 309 g/mol. The van der Waals surface area contributed by atoms with Crippen LogP contribution in [0.15, 0.2) is 61.2 Å². The fourth-order valence-electron chi connectivity index (χ4n) is 2.59. The van der Waals surface area contributed by atoms with Gasteiger partial charge in [0, 0.05) is 5.56 Å². The Balaban J connectivity index is 1.84. The zero-order valence-electron chi connectivity index (χ0n) is 13.1. The van der Waals surface area contributed by atoms with E-state index in [1.807, 2.05) is 31.2 Å². The fourth-order valence-corrected chi connectivity index (χ4v) is 2.59.